The molecule has 0 radical (unpaired) electrons. The van der Waals surface area contributed by atoms with Crippen LogP contribution in [0.2, 0.25) is 0 Å². The Balaban J connectivity index is 2.38. The van der Waals surface area contributed by atoms with E-state index in [2.05, 4.69) is 5.10 Å². The maximum absolute atomic E-state index is 11.1. The van der Waals surface area contributed by atoms with Crippen molar-refractivity contribution >= 4 is 17.9 Å². The minimum atomic E-state index is -0.977. The number of rotatable bonds is 6. The van der Waals surface area contributed by atoms with Gasteiger partial charge in [0.05, 0.1) is 23.5 Å². The Kier molecular flexibility index (Phi) is 4.07. The Morgan fingerprint density at radius 3 is 2.86 bits per heavy atom. The maximum atomic E-state index is 11.1. The average molecular weight is 289 g/mol. The van der Waals surface area contributed by atoms with Gasteiger partial charge in [-0.15, -0.1) is 0 Å². The van der Waals surface area contributed by atoms with Crippen LogP contribution in [-0.2, 0) is 11.3 Å². The minimum absolute atomic E-state index is 0.107. The summed E-state index contributed by atoms with van der Waals surface area (Å²) in [7, 11) is 0. The number of nitro benzene ring substituents is 1. The van der Waals surface area contributed by atoms with Gasteiger partial charge in [-0.05, 0) is 0 Å². The highest BCUT2D eigenvalue weighted by Crippen LogP contribution is 2.25. The SMILES string of the molecule is O=Cc1cn(CCC(=O)O)nc1-c1cccc([N+](=O)[O-])c1. The highest BCUT2D eigenvalue weighted by molar-refractivity contribution is 5.85. The van der Waals surface area contributed by atoms with Crippen LogP contribution in [-0.4, -0.2) is 32.1 Å². The molecule has 8 heteroatoms. The number of nitro groups is 1. The number of carbonyl (C=O) groups excluding carboxylic acids is 1. The van der Waals surface area contributed by atoms with Crippen molar-refractivity contribution in [1.29, 1.82) is 0 Å². The fourth-order valence-electron chi connectivity index (χ4n) is 1.84. The number of benzene rings is 1. The van der Waals surface area contributed by atoms with Crippen LogP contribution in [0.1, 0.15) is 16.8 Å². The third-order valence-corrected chi connectivity index (χ3v) is 2.80. The Morgan fingerprint density at radius 2 is 2.24 bits per heavy atom. The van der Waals surface area contributed by atoms with Gasteiger partial charge in [0.2, 0.25) is 0 Å². The lowest BCUT2D eigenvalue weighted by Gasteiger charge is -1.99. The summed E-state index contributed by atoms with van der Waals surface area (Å²) in [5, 5.41) is 23.5. The second kappa shape index (κ2) is 5.95. The van der Waals surface area contributed by atoms with E-state index in [1.165, 1.54) is 29.1 Å². The van der Waals surface area contributed by atoms with Crippen LogP contribution in [0.5, 0.6) is 0 Å². The molecule has 0 amide bonds. The van der Waals surface area contributed by atoms with Crippen LogP contribution in [0.3, 0.4) is 0 Å². The van der Waals surface area contributed by atoms with E-state index in [1.54, 1.807) is 6.07 Å². The molecule has 0 unspecified atom stereocenters. The molecule has 8 nitrogen and oxygen atoms in total. The summed E-state index contributed by atoms with van der Waals surface area (Å²) in [6.45, 7) is 0.116. The van der Waals surface area contributed by atoms with Gasteiger partial charge in [0.25, 0.3) is 5.69 Å². The smallest absolute Gasteiger partial charge is 0.305 e. The second-order valence-electron chi connectivity index (χ2n) is 4.27. The van der Waals surface area contributed by atoms with Gasteiger partial charge in [-0.3, -0.25) is 24.4 Å². The van der Waals surface area contributed by atoms with Crippen molar-refractivity contribution in [2.24, 2.45) is 0 Å². The van der Waals surface area contributed by atoms with E-state index < -0.39 is 10.9 Å². The molecule has 1 N–H and O–H groups in total. The number of aromatic nitrogens is 2. The highest BCUT2D eigenvalue weighted by Gasteiger charge is 2.14. The number of aldehydes is 1. The Morgan fingerprint density at radius 1 is 1.48 bits per heavy atom. The van der Waals surface area contributed by atoms with E-state index in [0.29, 0.717) is 17.5 Å². The molecule has 2 rings (SSSR count). The van der Waals surface area contributed by atoms with Gasteiger partial charge in [-0.2, -0.15) is 5.10 Å². The van der Waals surface area contributed by atoms with Gasteiger partial charge >= 0.3 is 5.97 Å². The number of carboxylic acids is 1. The number of carbonyl (C=O) groups is 2. The molecule has 0 aliphatic rings. The molecule has 0 aliphatic heterocycles. The normalized spacial score (nSPS) is 10.3. The standard InChI is InChI=1S/C13H11N3O5/c17-8-10-7-15(5-4-12(18)19)14-13(10)9-2-1-3-11(6-9)16(20)21/h1-3,6-8H,4-5H2,(H,18,19). The minimum Gasteiger partial charge on any atom is -0.481 e. The molecule has 0 spiro atoms. The summed E-state index contributed by atoms with van der Waals surface area (Å²) >= 11 is 0. The van der Waals surface area contributed by atoms with E-state index in [4.69, 9.17) is 5.11 Å². The average Bonchev–Trinajstić information content (AvgIpc) is 2.88. The number of nitrogens with zero attached hydrogens (tertiary/aromatic N) is 3. The van der Waals surface area contributed by atoms with Crippen molar-refractivity contribution in [1.82, 2.24) is 9.78 Å². The van der Waals surface area contributed by atoms with E-state index in [9.17, 15) is 19.7 Å². The lowest BCUT2D eigenvalue weighted by Crippen LogP contribution is -2.04. The predicted molar refractivity (Wildman–Crippen MR) is 72.0 cm³/mol. The molecule has 1 aromatic carbocycles. The molecule has 108 valence electrons. The van der Waals surface area contributed by atoms with Crippen molar-refractivity contribution in [3.63, 3.8) is 0 Å². The summed E-state index contributed by atoms with van der Waals surface area (Å²) in [4.78, 5) is 31.8. The molecule has 0 bridgehead atoms. The van der Waals surface area contributed by atoms with E-state index in [-0.39, 0.29) is 24.2 Å². The zero-order valence-electron chi connectivity index (χ0n) is 10.8. The first-order chi connectivity index (χ1) is 10.0. The van der Waals surface area contributed by atoms with Gasteiger partial charge < -0.3 is 5.11 Å². The van der Waals surface area contributed by atoms with Crippen molar-refractivity contribution in [2.45, 2.75) is 13.0 Å². The zero-order valence-corrected chi connectivity index (χ0v) is 10.8. The van der Waals surface area contributed by atoms with E-state index in [0.717, 1.165) is 0 Å². The van der Waals surface area contributed by atoms with Crippen molar-refractivity contribution in [3.8, 4) is 11.3 Å². The molecule has 1 heterocycles. The number of hydrogen-bond donors (Lipinski definition) is 1. The topological polar surface area (TPSA) is 115 Å². The Labute approximate surface area is 118 Å². The second-order valence-corrected chi connectivity index (χ2v) is 4.27. The van der Waals surface area contributed by atoms with Crippen LogP contribution in [0, 0.1) is 10.1 Å². The molecule has 0 aliphatic carbocycles. The molecule has 2 aromatic rings. The first kappa shape index (κ1) is 14.4. The van der Waals surface area contributed by atoms with Crippen LogP contribution in [0.15, 0.2) is 30.5 Å². The largest absolute Gasteiger partial charge is 0.481 e. The van der Waals surface area contributed by atoms with Gasteiger partial charge in [-0.25, -0.2) is 0 Å². The van der Waals surface area contributed by atoms with Crippen molar-refractivity contribution in [2.75, 3.05) is 0 Å². The third kappa shape index (κ3) is 3.30. The number of hydrogen-bond acceptors (Lipinski definition) is 5. The first-order valence-electron chi connectivity index (χ1n) is 6.00. The lowest BCUT2D eigenvalue weighted by atomic mass is 10.1. The fourth-order valence-corrected chi connectivity index (χ4v) is 1.84. The van der Waals surface area contributed by atoms with Crippen LogP contribution in [0.25, 0.3) is 11.3 Å². The highest BCUT2D eigenvalue weighted by atomic mass is 16.6. The Bertz CT molecular complexity index is 708. The van der Waals surface area contributed by atoms with Gasteiger partial charge in [0.15, 0.2) is 6.29 Å². The zero-order chi connectivity index (χ0) is 15.4. The molecule has 21 heavy (non-hydrogen) atoms. The summed E-state index contributed by atoms with van der Waals surface area (Å²) in [6, 6.07) is 5.75. The fraction of sp³-hybridized carbons (Fsp3) is 0.154. The van der Waals surface area contributed by atoms with Crippen LogP contribution >= 0.6 is 0 Å². The quantitative estimate of drug-likeness (QED) is 0.492. The number of aryl methyl sites for hydroxylation is 1. The molecular formula is C13H11N3O5. The van der Waals surface area contributed by atoms with Crippen LogP contribution < -0.4 is 0 Å². The molecule has 0 saturated heterocycles. The summed E-state index contributed by atoms with van der Waals surface area (Å²) in [5.41, 5.74) is 0.866. The molecule has 1 aromatic heterocycles. The van der Waals surface area contributed by atoms with Gasteiger partial charge in [0, 0.05) is 23.9 Å². The van der Waals surface area contributed by atoms with Crippen molar-refractivity contribution in [3.05, 3.63) is 46.1 Å². The van der Waals surface area contributed by atoms with Crippen molar-refractivity contribution < 1.29 is 19.6 Å². The third-order valence-electron chi connectivity index (χ3n) is 2.80. The predicted octanol–water partition coefficient (Wildman–Crippen LogP) is 1.75. The molecule has 0 saturated carbocycles. The molecular weight excluding hydrogens is 278 g/mol. The number of non-ortho nitro benzene ring substituents is 1. The Hall–Kier alpha value is -3.03. The summed E-state index contributed by atoms with van der Waals surface area (Å²) < 4.78 is 1.34. The lowest BCUT2D eigenvalue weighted by molar-refractivity contribution is -0.384. The monoisotopic (exact) mass is 289 g/mol. The first-order valence-corrected chi connectivity index (χ1v) is 6.00. The maximum Gasteiger partial charge on any atom is 0.305 e. The molecule has 0 atom stereocenters. The van der Waals surface area contributed by atoms with Crippen LogP contribution in [0.4, 0.5) is 5.69 Å². The number of aliphatic carboxylic acids is 1. The number of carboxylic acid groups (broad SMARTS) is 1. The van der Waals surface area contributed by atoms with E-state index >= 15 is 0 Å². The van der Waals surface area contributed by atoms with Gasteiger partial charge in [0.1, 0.15) is 5.69 Å². The van der Waals surface area contributed by atoms with Gasteiger partial charge in [-0.1, -0.05) is 12.1 Å². The van der Waals surface area contributed by atoms with E-state index in [1.807, 2.05) is 0 Å². The summed E-state index contributed by atoms with van der Waals surface area (Å²) in [5.74, 6) is -0.977. The summed E-state index contributed by atoms with van der Waals surface area (Å²) in [6.07, 6.45) is 1.87. The molecule has 0 fully saturated rings.